The number of carbonyl (C=O) groups is 1. The van der Waals surface area contributed by atoms with Crippen molar-refractivity contribution in [1.29, 1.82) is 0 Å². The van der Waals surface area contributed by atoms with Crippen LogP contribution in [-0.2, 0) is 4.79 Å². The molecule has 0 radical (unpaired) electrons. The number of primary amides is 1. The quantitative estimate of drug-likeness (QED) is 0.696. The van der Waals surface area contributed by atoms with Gasteiger partial charge in [0.2, 0.25) is 11.9 Å². The lowest BCUT2D eigenvalue weighted by atomic mass is 10.2. The van der Waals surface area contributed by atoms with Crippen LogP contribution in [0.3, 0.4) is 0 Å². The molecule has 1 aromatic carbocycles. The third kappa shape index (κ3) is 3.47. The molecule has 28 heavy (non-hydrogen) atoms. The van der Waals surface area contributed by atoms with Crippen LogP contribution in [0.1, 0.15) is 0 Å². The third-order valence-corrected chi connectivity index (χ3v) is 4.31. The first-order valence-corrected chi connectivity index (χ1v) is 8.52. The Morgan fingerprint density at radius 3 is 2.93 bits per heavy atom. The molecular formula is C18H13ClFN7O. The predicted octanol–water partition coefficient (Wildman–Crippen LogP) is 2.70. The lowest BCUT2D eigenvalue weighted by molar-refractivity contribution is -0.114. The van der Waals surface area contributed by atoms with Gasteiger partial charge in [-0.3, -0.25) is 4.79 Å². The molecule has 2 aromatic heterocycles. The molecule has 0 saturated carbocycles. The largest absolute Gasteiger partial charge is 0.366 e. The molecule has 3 aromatic rings. The van der Waals surface area contributed by atoms with Crippen molar-refractivity contribution in [3.05, 3.63) is 65.5 Å². The maximum Gasteiger partial charge on any atom is 0.246 e. The molecule has 0 unspecified atom stereocenters. The first-order valence-electron chi connectivity index (χ1n) is 8.15. The van der Waals surface area contributed by atoms with Crippen molar-refractivity contribution in [3.63, 3.8) is 0 Å². The van der Waals surface area contributed by atoms with Gasteiger partial charge in [0.05, 0.1) is 17.8 Å². The van der Waals surface area contributed by atoms with Crippen molar-refractivity contribution in [2.24, 2.45) is 5.73 Å². The summed E-state index contributed by atoms with van der Waals surface area (Å²) in [5, 5.41) is 3.05. The normalized spacial score (nSPS) is 13.5. The van der Waals surface area contributed by atoms with Crippen LogP contribution in [0.2, 0.25) is 5.02 Å². The number of carbonyl (C=O) groups excluding carboxylic acids is 1. The highest BCUT2D eigenvalue weighted by Gasteiger charge is 2.17. The molecule has 0 spiro atoms. The van der Waals surface area contributed by atoms with E-state index in [2.05, 4.69) is 25.3 Å². The van der Waals surface area contributed by atoms with Gasteiger partial charge in [0.25, 0.3) is 0 Å². The standard InChI is InChI=1S/C18H13ClFN7O/c19-12-6-11(3-4-13(12)20)25-17-15-14(23-9-24-17)7-22-18(26-15)27-5-1-2-10(8-27)16(21)28/h1-7,9H,8H2,(H2,21,28)(H,23,24,25). The number of nitrogens with zero attached hydrogens (tertiary/aromatic N) is 5. The van der Waals surface area contributed by atoms with Gasteiger partial charge in [0.15, 0.2) is 5.82 Å². The molecule has 3 heterocycles. The topological polar surface area (TPSA) is 110 Å². The Balaban J connectivity index is 1.70. The van der Waals surface area contributed by atoms with Crippen molar-refractivity contribution < 1.29 is 9.18 Å². The highest BCUT2D eigenvalue weighted by atomic mass is 35.5. The Hall–Kier alpha value is -3.59. The van der Waals surface area contributed by atoms with Gasteiger partial charge in [0.1, 0.15) is 23.2 Å². The lowest BCUT2D eigenvalue weighted by Gasteiger charge is -2.21. The van der Waals surface area contributed by atoms with E-state index in [1.54, 1.807) is 29.4 Å². The van der Waals surface area contributed by atoms with Crippen LogP contribution < -0.4 is 16.0 Å². The number of hydrogen-bond acceptors (Lipinski definition) is 7. The second-order valence-corrected chi connectivity index (χ2v) is 6.31. The minimum Gasteiger partial charge on any atom is -0.366 e. The van der Waals surface area contributed by atoms with Gasteiger partial charge in [-0.05, 0) is 24.3 Å². The van der Waals surface area contributed by atoms with Crippen molar-refractivity contribution in [2.45, 2.75) is 0 Å². The van der Waals surface area contributed by atoms with Gasteiger partial charge in [0, 0.05) is 17.5 Å². The zero-order valence-corrected chi connectivity index (χ0v) is 15.1. The number of hydrogen-bond donors (Lipinski definition) is 2. The first kappa shape index (κ1) is 17.8. The smallest absolute Gasteiger partial charge is 0.246 e. The summed E-state index contributed by atoms with van der Waals surface area (Å²) < 4.78 is 13.4. The van der Waals surface area contributed by atoms with Crippen LogP contribution in [0.4, 0.5) is 21.8 Å². The molecule has 3 N–H and O–H groups in total. The molecule has 0 bridgehead atoms. The molecule has 1 aliphatic heterocycles. The summed E-state index contributed by atoms with van der Waals surface area (Å²) in [5.74, 6) is -0.262. The van der Waals surface area contributed by atoms with Crippen molar-refractivity contribution >= 4 is 46.0 Å². The van der Waals surface area contributed by atoms with Gasteiger partial charge in [-0.25, -0.2) is 24.3 Å². The molecule has 0 saturated heterocycles. The Labute approximate surface area is 163 Å². The van der Waals surface area contributed by atoms with E-state index in [9.17, 15) is 9.18 Å². The Morgan fingerprint density at radius 1 is 1.29 bits per heavy atom. The second-order valence-electron chi connectivity index (χ2n) is 5.91. The molecule has 0 aliphatic carbocycles. The third-order valence-electron chi connectivity index (χ3n) is 4.02. The molecule has 140 valence electrons. The SMILES string of the molecule is NC(=O)C1=CC=CN(c2ncc3ncnc(Nc4ccc(F)c(Cl)c4)c3n2)C1. The highest BCUT2D eigenvalue weighted by Crippen LogP contribution is 2.26. The lowest BCUT2D eigenvalue weighted by Crippen LogP contribution is -2.29. The number of amides is 1. The zero-order chi connectivity index (χ0) is 19.7. The Kier molecular flexibility index (Phi) is 4.58. The summed E-state index contributed by atoms with van der Waals surface area (Å²) in [6, 6.07) is 4.24. The number of halogens is 2. The van der Waals surface area contributed by atoms with E-state index < -0.39 is 11.7 Å². The van der Waals surface area contributed by atoms with Gasteiger partial charge >= 0.3 is 0 Å². The van der Waals surface area contributed by atoms with Crippen LogP contribution in [-0.4, -0.2) is 32.4 Å². The molecule has 8 nitrogen and oxygen atoms in total. The van der Waals surface area contributed by atoms with E-state index >= 15 is 0 Å². The summed E-state index contributed by atoms with van der Waals surface area (Å²) in [4.78, 5) is 30.3. The van der Waals surface area contributed by atoms with E-state index in [0.717, 1.165) is 0 Å². The average Bonchev–Trinajstić information content (AvgIpc) is 2.71. The average molecular weight is 398 g/mol. The van der Waals surface area contributed by atoms with Crippen molar-refractivity contribution in [2.75, 3.05) is 16.8 Å². The molecule has 0 atom stereocenters. The summed E-state index contributed by atoms with van der Waals surface area (Å²) in [6.07, 6.45) is 8.00. The maximum atomic E-state index is 13.4. The van der Waals surface area contributed by atoms with Gasteiger partial charge in [-0.1, -0.05) is 17.7 Å². The van der Waals surface area contributed by atoms with Crippen LogP contribution in [0, 0.1) is 5.82 Å². The fourth-order valence-electron chi connectivity index (χ4n) is 2.63. The van der Waals surface area contributed by atoms with Crippen LogP contribution in [0.5, 0.6) is 0 Å². The highest BCUT2D eigenvalue weighted by molar-refractivity contribution is 6.31. The van der Waals surface area contributed by atoms with Crippen LogP contribution in [0.25, 0.3) is 11.0 Å². The van der Waals surface area contributed by atoms with Gasteiger partial charge in [-0.2, -0.15) is 0 Å². The molecule has 0 fully saturated rings. The summed E-state index contributed by atoms with van der Waals surface area (Å²) in [6.45, 7) is 0.251. The number of rotatable bonds is 4. The molecule has 1 aliphatic rings. The van der Waals surface area contributed by atoms with Crippen molar-refractivity contribution in [3.8, 4) is 0 Å². The summed E-state index contributed by atoms with van der Waals surface area (Å²) in [5.41, 5.74) is 7.31. The number of nitrogens with two attached hydrogens (primary N) is 1. The minimum atomic E-state index is -0.514. The van der Waals surface area contributed by atoms with Gasteiger partial charge < -0.3 is 16.0 Å². The fraction of sp³-hybridized carbons (Fsp3) is 0.0556. The van der Waals surface area contributed by atoms with E-state index in [1.807, 2.05) is 0 Å². The number of anilines is 3. The zero-order valence-electron chi connectivity index (χ0n) is 14.3. The van der Waals surface area contributed by atoms with Crippen molar-refractivity contribution in [1.82, 2.24) is 19.9 Å². The molecule has 4 rings (SSSR count). The van der Waals surface area contributed by atoms with Gasteiger partial charge in [-0.15, -0.1) is 0 Å². The van der Waals surface area contributed by atoms with E-state index in [0.29, 0.717) is 34.1 Å². The maximum absolute atomic E-state index is 13.4. The number of fused-ring (bicyclic) bond motifs is 1. The monoisotopic (exact) mass is 397 g/mol. The van der Waals surface area contributed by atoms with Crippen LogP contribution >= 0.6 is 11.6 Å². The fourth-order valence-corrected chi connectivity index (χ4v) is 2.82. The molecular weight excluding hydrogens is 385 g/mol. The summed E-state index contributed by atoms with van der Waals surface area (Å²) >= 11 is 5.83. The first-order chi connectivity index (χ1) is 13.5. The van der Waals surface area contributed by atoms with E-state index in [-0.39, 0.29) is 11.6 Å². The summed E-state index contributed by atoms with van der Waals surface area (Å²) in [7, 11) is 0. The Morgan fingerprint density at radius 2 is 2.14 bits per heavy atom. The second kappa shape index (κ2) is 7.20. The molecule has 10 heteroatoms. The Bertz CT molecular complexity index is 1150. The van der Waals surface area contributed by atoms with Crippen LogP contribution in [0.15, 0.2) is 54.6 Å². The number of allylic oxidation sites excluding steroid dienone is 2. The van der Waals surface area contributed by atoms with E-state index in [1.165, 1.54) is 24.5 Å². The molecule has 1 amide bonds. The number of aromatic nitrogens is 4. The minimum absolute atomic E-state index is 0.0112. The number of nitrogens with one attached hydrogen (secondary N) is 1. The predicted molar refractivity (Wildman–Crippen MR) is 104 cm³/mol. The number of benzene rings is 1. The van der Waals surface area contributed by atoms with E-state index in [4.69, 9.17) is 17.3 Å².